The van der Waals surface area contributed by atoms with E-state index in [1.165, 1.54) is 9.00 Å². The zero-order valence-corrected chi connectivity index (χ0v) is 25.0. The molecule has 2 aromatic rings. The van der Waals surface area contributed by atoms with Crippen LogP contribution in [0.5, 0.6) is 0 Å². The summed E-state index contributed by atoms with van der Waals surface area (Å²) in [4.78, 5) is 2.65. The zero-order valence-electron chi connectivity index (χ0n) is 20.5. The molecule has 0 aromatic carbocycles. The van der Waals surface area contributed by atoms with Crippen LogP contribution in [0.4, 0.5) is 0 Å². The van der Waals surface area contributed by atoms with Crippen molar-refractivity contribution in [1.29, 1.82) is 0 Å². The molecule has 31 heavy (non-hydrogen) atoms. The largest absolute Gasteiger partial charge is 0.218 e. The van der Waals surface area contributed by atoms with Crippen LogP contribution in [-0.4, -0.2) is 24.6 Å². The highest BCUT2D eigenvalue weighted by atomic mass is 32.2. The molecule has 1 aliphatic rings. The van der Waals surface area contributed by atoms with Gasteiger partial charge in [-0.2, -0.15) is 0 Å². The van der Waals surface area contributed by atoms with Gasteiger partial charge < -0.3 is 0 Å². The van der Waals surface area contributed by atoms with Gasteiger partial charge in [-0.15, -0.1) is 22.7 Å². The van der Waals surface area contributed by atoms with Gasteiger partial charge in [0, 0.05) is 9.75 Å². The van der Waals surface area contributed by atoms with E-state index < -0.39 is 26.0 Å². The summed E-state index contributed by atoms with van der Waals surface area (Å²) >= 11 is 3.34. The summed E-state index contributed by atoms with van der Waals surface area (Å²) in [6, 6.07) is 8.34. The minimum absolute atomic E-state index is 0.221. The lowest BCUT2D eigenvalue weighted by molar-refractivity contribution is 0.615. The molecule has 3 rings (SSSR count). The number of sulfone groups is 1. The maximum absolute atomic E-state index is 13.5. The van der Waals surface area contributed by atoms with Gasteiger partial charge in [0.15, 0.2) is 0 Å². The average Bonchev–Trinajstić information content (AvgIpc) is 3.30. The minimum Gasteiger partial charge on any atom is -0.218 e. The number of thiophene rings is 2. The molecule has 0 saturated heterocycles. The van der Waals surface area contributed by atoms with E-state index in [0.717, 1.165) is 9.75 Å². The fourth-order valence-electron chi connectivity index (χ4n) is 3.23. The summed E-state index contributed by atoms with van der Waals surface area (Å²) in [6.45, 7) is 23.2. The molecule has 2 aromatic heterocycles. The molecule has 0 radical (unpaired) electrons. The van der Waals surface area contributed by atoms with Gasteiger partial charge in [-0.3, -0.25) is 0 Å². The van der Waals surface area contributed by atoms with E-state index in [2.05, 4.69) is 79.9 Å². The smallest absolute Gasteiger partial charge is 0.209 e. The predicted molar refractivity (Wildman–Crippen MR) is 147 cm³/mol. The first-order valence-electron chi connectivity index (χ1n) is 10.8. The highest BCUT2D eigenvalue weighted by molar-refractivity contribution is 8.09. The topological polar surface area (TPSA) is 34.1 Å². The van der Waals surface area contributed by atoms with Gasteiger partial charge in [0.1, 0.15) is 0 Å². The molecule has 3 heterocycles. The Morgan fingerprint density at radius 1 is 0.645 bits per heavy atom. The molecule has 0 spiro atoms. The fraction of sp³-hybridized carbons (Fsp3) is 0.500. The molecule has 0 N–H and O–H groups in total. The number of allylic oxidation sites excluding steroid dienone is 2. The SMILES string of the molecule is CC(C)(C)[Si](C)(C)c1ccc(C2=CC=C(c3ccc([Si](C)(C)C(C)(C)C)s3)S2(=O)=O)s1. The number of hydrogen-bond acceptors (Lipinski definition) is 4. The highest BCUT2D eigenvalue weighted by Crippen LogP contribution is 2.43. The summed E-state index contributed by atoms with van der Waals surface area (Å²) in [7, 11) is -6.87. The van der Waals surface area contributed by atoms with Gasteiger partial charge >= 0.3 is 0 Å². The van der Waals surface area contributed by atoms with Crippen molar-refractivity contribution >= 4 is 67.5 Å². The standard InChI is InChI=1S/C24H36O2S3Si2/c1-23(2,3)30(7,8)21-15-11-17(27-21)19-13-14-20(29(19,25)26)18-12-16-22(28-18)31(9,10)24(4,5)6/h11-16H,1-10H3. The first-order valence-corrected chi connectivity index (χ1v) is 19.9. The van der Waals surface area contributed by atoms with Gasteiger partial charge in [0.2, 0.25) is 9.84 Å². The molecule has 0 bridgehead atoms. The third-order valence-electron chi connectivity index (χ3n) is 7.64. The lowest BCUT2D eigenvalue weighted by Gasteiger charge is -2.36. The number of hydrogen-bond donors (Lipinski definition) is 0. The quantitative estimate of drug-likeness (QED) is 0.415. The van der Waals surface area contributed by atoms with E-state index in [1.807, 2.05) is 12.1 Å². The second-order valence-electron chi connectivity index (χ2n) is 11.6. The highest BCUT2D eigenvalue weighted by Gasteiger charge is 2.41. The lowest BCUT2D eigenvalue weighted by Crippen LogP contribution is -2.47. The van der Waals surface area contributed by atoms with E-state index in [0.29, 0.717) is 9.81 Å². The van der Waals surface area contributed by atoms with Crippen LogP contribution in [0.2, 0.25) is 36.3 Å². The molecular formula is C24H36O2S3Si2. The maximum Gasteiger partial charge on any atom is 0.209 e. The molecule has 0 atom stereocenters. The fourth-order valence-corrected chi connectivity index (χ4v) is 13.9. The second-order valence-corrected chi connectivity index (χ2v) is 27.0. The second kappa shape index (κ2) is 7.65. The van der Waals surface area contributed by atoms with Gasteiger partial charge in [-0.1, -0.05) is 79.9 Å². The van der Waals surface area contributed by atoms with Crippen LogP contribution >= 0.6 is 22.7 Å². The predicted octanol–water partition coefficient (Wildman–Crippen LogP) is 7.05. The summed E-state index contributed by atoms with van der Waals surface area (Å²) in [5.74, 6) is 0. The van der Waals surface area contributed by atoms with Crippen LogP contribution in [-0.2, 0) is 9.84 Å². The molecule has 1 aliphatic heterocycles. The van der Waals surface area contributed by atoms with Crippen molar-refractivity contribution in [2.24, 2.45) is 0 Å². The Hall–Kier alpha value is -0.736. The van der Waals surface area contributed by atoms with Gasteiger partial charge in [0.05, 0.1) is 26.0 Å². The Kier molecular flexibility index (Phi) is 6.15. The molecule has 7 heteroatoms. The van der Waals surface area contributed by atoms with Crippen molar-refractivity contribution in [3.8, 4) is 0 Å². The van der Waals surface area contributed by atoms with E-state index in [9.17, 15) is 8.42 Å². The molecule has 170 valence electrons. The first kappa shape index (κ1) is 24.9. The average molecular weight is 509 g/mol. The number of rotatable bonds is 4. The van der Waals surface area contributed by atoms with Crippen molar-refractivity contribution in [3.05, 3.63) is 46.2 Å². The maximum atomic E-state index is 13.5. The monoisotopic (exact) mass is 508 g/mol. The first-order chi connectivity index (χ1) is 13.9. The van der Waals surface area contributed by atoms with Crippen LogP contribution in [0.1, 0.15) is 51.3 Å². The Morgan fingerprint density at radius 3 is 1.26 bits per heavy atom. The van der Waals surface area contributed by atoms with E-state index >= 15 is 0 Å². The van der Waals surface area contributed by atoms with E-state index in [4.69, 9.17) is 0 Å². The van der Waals surface area contributed by atoms with Crippen LogP contribution in [0, 0.1) is 0 Å². The molecule has 0 amide bonds. The lowest BCUT2D eigenvalue weighted by atomic mass is 10.2. The van der Waals surface area contributed by atoms with Crippen LogP contribution < -0.4 is 9.00 Å². The molecular weight excluding hydrogens is 473 g/mol. The van der Waals surface area contributed by atoms with E-state index in [-0.39, 0.29) is 10.1 Å². The third kappa shape index (κ3) is 4.17. The Bertz CT molecular complexity index is 1080. The minimum atomic E-state index is -3.50. The van der Waals surface area contributed by atoms with Crippen molar-refractivity contribution in [2.45, 2.75) is 77.8 Å². The van der Waals surface area contributed by atoms with Gasteiger partial charge in [-0.25, -0.2) is 8.42 Å². The van der Waals surface area contributed by atoms with Gasteiger partial charge in [-0.05, 0) is 43.4 Å². The summed E-state index contributed by atoms with van der Waals surface area (Å²) in [5.41, 5.74) is 0. The third-order valence-corrected chi connectivity index (χ3v) is 25.6. The van der Waals surface area contributed by atoms with Crippen molar-refractivity contribution in [3.63, 3.8) is 0 Å². The Labute approximate surface area is 199 Å². The summed E-state index contributed by atoms with van der Waals surface area (Å²) in [6.07, 6.45) is 3.61. The molecule has 2 nitrogen and oxygen atoms in total. The Balaban J connectivity index is 1.93. The van der Waals surface area contributed by atoms with Gasteiger partial charge in [0.25, 0.3) is 0 Å². The molecule has 0 fully saturated rings. The summed E-state index contributed by atoms with van der Waals surface area (Å²) < 4.78 is 29.7. The Morgan fingerprint density at radius 2 is 0.968 bits per heavy atom. The van der Waals surface area contributed by atoms with Crippen LogP contribution in [0.25, 0.3) is 9.81 Å². The van der Waals surface area contributed by atoms with Crippen LogP contribution in [0.15, 0.2) is 36.4 Å². The molecule has 0 unspecified atom stereocenters. The molecule has 0 saturated carbocycles. The van der Waals surface area contributed by atoms with Crippen LogP contribution in [0.3, 0.4) is 0 Å². The van der Waals surface area contributed by atoms with E-state index in [1.54, 1.807) is 34.8 Å². The van der Waals surface area contributed by atoms with Crippen molar-refractivity contribution in [2.75, 3.05) is 0 Å². The van der Waals surface area contributed by atoms with Crippen molar-refractivity contribution < 1.29 is 8.42 Å². The normalized spacial score (nSPS) is 17.6. The van der Waals surface area contributed by atoms with Crippen molar-refractivity contribution in [1.82, 2.24) is 0 Å². The zero-order chi connectivity index (χ0) is 23.6. The molecule has 0 aliphatic carbocycles. The summed E-state index contributed by atoms with van der Waals surface area (Å²) in [5, 5.41) is 0.442.